The molecule has 0 unspecified atom stereocenters. The highest BCUT2D eigenvalue weighted by molar-refractivity contribution is 6.45. The van der Waals surface area contributed by atoms with Crippen molar-refractivity contribution in [2.24, 2.45) is 5.92 Å². The van der Waals surface area contributed by atoms with Gasteiger partial charge in [0.15, 0.2) is 5.78 Å². The predicted octanol–water partition coefficient (Wildman–Crippen LogP) is 7.01. The first kappa shape index (κ1) is 27.0. The van der Waals surface area contributed by atoms with E-state index in [4.69, 9.17) is 4.74 Å². The van der Waals surface area contributed by atoms with E-state index in [1.54, 1.807) is 42.5 Å². The van der Waals surface area contributed by atoms with Gasteiger partial charge in [-0.25, -0.2) is 4.79 Å². The van der Waals surface area contributed by atoms with Crippen molar-refractivity contribution in [1.82, 2.24) is 0 Å². The van der Waals surface area contributed by atoms with Crippen LogP contribution in [0.1, 0.15) is 83.0 Å². The number of hydrogen-bond acceptors (Lipinski definition) is 5. The molecule has 1 amide bonds. The van der Waals surface area contributed by atoms with Crippen molar-refractivity contribution >= 4 is 39.9 Å². The third-order valence-corrected chi connectivity index (χ3v) is 7.46. The van der Waals surface area contributed by atoms with Gasteiger partial charge in [-0.1, -0.05) is 100 Å². The number of hydrogen-bond donors (Lipinski definition) is 1. The minimum absolute atomic E-state index is 0.0850. The van der Waals surface area contributed by atoms with Gasteiger partial charge in [-0.2, -0.15) is 0 Å². The molecule has 1 aliphatic heterocycles. The van der Waals surface area contributed by atoms with Crippen molar-refractivity contribution in [2.75, 3.05) is 5.32 Å². The molecule has 6 nitrogen and oxygen atoms in total. The summed E-state index contributed by atoms with van der Waals surface area (Å²) in [4.78, 5) is 54.4. The molecule has 0 radical (unpaired) electrons. The van der Waals surface area contributed by atoms with Gasteiger partial charge in [0, 0.05) is 16.8 Å². The second-order valence-corrected chi connectivity index (χ2v) is 10.8. The number of ketones is 2. The Morgan fingerprint density at radius 2 is 1.38 bits per heavy atom. The van der Waals surface area contributed by atoms with E-state index >= 15 is 0 Å². The van der Waals surface area contributed by atoms with E-state index in [1.807, 2.05) is 70.2 Å². The summed E-state index contributed by atoms with van der Waals surface area (Å²) in [7, 11) is 0. The fourth-order valence-electron chi connectivity index (χ4n) is 5.35. The molecular weight excluding hydrogens is 502 g/mol. The molecule has 40 heavy (non-hydrogen) atoms. The third kappa shape index (κ3) is 4.93. The van der Waals surface area contributed by atoms with Crippen LogP contribution in [-0.2, 0) is 14.3 Å². The van der Waals surface area contributed by atoms with E-state index in [0.29, 0.717) is 11.3 Å². The van der Waals surface area contributed by atoms with Gasteiger partial charge in [0.2, 0.25) is 5.78 Å². The minimum Gasteiger partial charge on any atom is -0.453 e. The van der Waals surface area contributed by atoms with Crippen LogP contribution in [-0.4, -0.2) is 23.4 Å². The van der Waals surface area contributed by atoms with E-state index in [1.165, 1.54) is 0 Å². The number of amides is 1. The fourth-order valence-corrected chi connectivity index (χ4v) is 5.35. The highest BCUT2D eigenvalue weighted by atomic mass is 16.5. The zero-order valence-corrected chi connectivity index (χ0v) is 22.9. The summed E-state index contributed by atoms with van der Waals surface area (Å²) in [5.41, 5.74) is 3.31. The van der Waals surface area contributed by atoms with E-state index in [0.717, 1.165) is 21.9 Å². The van der Waals surface area contributed by atoms with Crippen LogP contribution in [0.4, 0.5) is 5.69 Å². The molecule has 0 bridgehead atoms. The molecule has 0 saturated carbocycles. The molecule has 202 valence electrons. The lowest BCUT2D eigenvalue weighted by Gasteiger charge is -2.23. The molecular formula is C34H31NO5. The van der Waals surface area contributed by atoms with E-state index in [9.17, 15) is 19.2 Å². The largest absolute Gasteiger partial charge is 0.453 e. The number of anilines is 1. The highest BCUT2D eigenvalue weighted by Gasteiger charge is 2.46. The van der Waals surface area contributed by atoms with Gasteiger partial charge in [0.25, 0.3) is 5.91 Å². The van der Waals surface area contributed by atoms with Gasteiger partial charge in [0.05, 0.1) is 5.56 Å². The quantitative estimate of drug-likeness (QED) is 0.114. The van der Waals surface area contributed by atoms with Crippen LogP contribution < -0.4 is 5.32 Å². The van der Waals surface area contributed by atoms with Gasteiger partial charge < -0.3 is 10.1 Å². The Balaban J connectivity index is 1.57. The Labute approximate surface area is 233 Å². The molecule has 0 aromatic heterocycles. The number of nitrogens with one attached hydrogen (secondary N) is 1. The molecule has 2 atom stereocenters. The molecule has 5 rings (SSSR count). The predicted molar refractivity (Wildman–Crippen MR) is 155 cm³/mol. The lowest BCUT2D eigenvalue weighted by molar-refractivity contribution is -0.138. The summed E-state index contributed by atoms with van der Waals surface area (Å²) in [6.45, 7) is 8.05. The second kappa shape index (κ2) is 10.9. The Morgan fingerprint density at radius 3 is 2.05 bits per heavy atom. The SMILES string of the molecule is CC(C)c1cccc(C(C)C)c1NC(=O)C(=O)[C@H](C(=O)c1ccc2ccccc2c1)[C@@H]1OC(=O)c2ccccc21. The van der Waals surface area contributed by atoms with Gasteiger partial charge in [-0.15, -0.1) is 0 Å². The first-order valence-corrected chi connectivity index (χ1v) is 13.5. The molecule has 1 heterocycles. The number of benzene rings is 4. The summed E-state index contributed by atoms with van der Waals surface area (Å²) >= 11 is 0. The van der Waals surface area contributed by atoms with Crippen LogP contribution >= 0.6 is 0 Å². The maximum Gasteiger partial charge on any atom is 0.339 e. The maximum atomic E-state index is 14.0. The molecule has 6 heteroatoms. The van der Waals surface area contributed by atoms with E-state index < -0.39 is 35.5 Å². The zero-order valence-electron chi connectivity index (χ0n) is 22.9. The Bertz CT molecular complexity index is 1630. The number of cyclic esters (lactones) is 1. The summed E-state index contributed by atoms with van der Waals surface area (Å²) < 4.78 is 5.61. The molecule has 0 fully saturated rings. The van der Waals surface area contributed by atoms with Crippen molar-refractivity contribution in [2.45, 2.75) is 45.6 Å². The second-order valence-electron chi connectivity index (χ2n) is 10.8. The number of Topliss-reactive ketones (excluding diaryl/α,β-unsaturated/α-hetero) is 2. The van der Waals surface area contributed by atoms with Crippen molar-refractivity contribution in [1.29, 1.82) is 0 Å². The van der Waals surface area contributed by atoms with Crippen LogP contribution in [0.5, 0.6) is 0 Å². The number of para-hydroxylation sites is 1. The summed E-state index contributed by atoms with van der Waals surface area (Å²) in [6.07, 6.45) is -1.22. The standard InChI is InChI=1S/C34H31NO5/c1-19(2)24-14-9-15-25(20(3)4)29(24)35-33(38)31(37)28(32-26-12-7-8-13-27(26)34(39)40-32)30(36)23-17-16-21-10-5-6-11-22(21)18-23/h5-20,28,32H,1-4H3,(H,35,38)/t28-,32+/m0/s1. The first-order valence-electron chi connectivity index (χ1n) is 13.5. The topological polar surface area (TPSA) is 89.5 Å². The maximum absolute atomic E-state index is 14.0. The summed E-state index contributed by atoms with van der Waals surface area (Å²) in [5.74, 6) is -4.47. The molecule has 4 aromatic carbocycles. The zero-order chi connectivity index (χ0) is 28.6. The van der Waals surface area contributed by atoms with Crippen molar-refractivity contribution in [3.63, 3.8) is 0 Å². The van der Waals surface area contributed by atoms with Crippen molar-refractivity contribution in [3.05, 3.63) is 113 Å². The first-order chi connectivity index (χ1) is 19.2. The Kier molecular flexibility index (Phi) is 7.35. The lowest BCUT2D eigenvalue weighted by atomic mass is 9.84. The lowest BCUT2D eigenvalue weighted by Crippen LogP contribution is -2.38. The molecule has 1 aliphatic rings. The monoisotopic (exact) mass is 533 g/mol. The Morgan fingerprint density at radius 1 is 0.750 bits per heavy atom. The summed E-state index contributed by atoms with van der Waals surface area (Å²) in [6, 6.07) is 25.1. The van der Waals surface area contributed by atoms with Gasteiger partial charge >= 0.3 is 5.97 Å². The summed E-state index contributed by atoms with van der Waals surface area (Å²) in [5, 5.41) is 4.59. The van der Waals surface area contributed by atoms with E-state index in [2.05, 4.69) is 5.32 Å². The molecule has 1 N–H and O–H groups in total. The van der Waals surface area contributed by atoms with Crippen LogP contribution in [0.15, 0.2) is 84.9 Å². The van der Waals surface area contributed by atoms with E-state index in [-0.39, 0.29) is 23.0 Å². The number of rotatable bonds is 8. The third-order valence-electron chi connectivity index (χ3n) is 7.46. The molecule has 0 saturated heterocycles. The van der Waals surface area contributed by atoms with Crippen LogP contribution in [0, 0.1) is 5.92 Å². The van der Waals surface area contributed by atoms with Gasteiger partial charge in [0.1, 0.15) is 12.0 Å². The molecule has 0 aliphatic carbocycles. The number of fused-ring (bicyclic) bond motifs is 2. The number of ether oxygens (including phenoxy) is 1. The molecule has 0 spiro atoms. The fraction of sp³-hybridized carbons (Fsp3) is 0.235. The highest BCUT2D eigenvalue weighted by Crippen LogP contribution is 2.39. The molecule has 4 aromatic rings. The minimum atomic E-state index is -1.55. The number of carbonyl (C=O) groups is 4. The average Bonchev–Trinajstić information content (AvgIpc) is 3.28. The van der Waals surface area contributed by atoms with Gasteiger partial charge in [-0.05, 0) is 45.9 Å². The van der Waals surface area contributed by atoms with Crippen molar-refractivity contribution < 1.29 is 23.9 Å². The van der Waals surface area contributed by atoms with Gasteiger partial charge in [-0.3, -0.25) is 14.4 Å². The Hall–Kier alpha value is -4.58. The van der Waals surface area contributed by atoms with Crippen LogP contribution in [0.25, 0.3) is 10.8 Å². The normalized spacial score (nSPS) is 15.2. The van der Waals surface area contributed by atoms with Crippen LogP contribution in [0.3, 0.4) is 0 Å². The number of carbonyl (C=O) groups excluding carboxylic acids is 4. The average molecular weight is 534 g/mol. The van der Waals surface area contributed by atoms with Crippen molar-refractivity contribution in [3.8, 4) is 0 Å². The number of esters is 1. The smallest absolute Gasteiger partial charge is 0.339 e. The van der Waals surface area contributed by atoms with Crippen LogP contribution in [0.2, 0.25) is 0 Å².